The summed E-state index contributed by atoms with van der Waals surface area (Å²) in [5.74, 6) is 2.13. The lowest BCUT2D eigenvalue weighted by Crippen LogP contribution is -2.52. The highest BCUT2D eigenvalue weighted by Gasteiger charge is 2.39. The molecule has 1 aliphatic carbocycles. The molecule has 0 N–H and O–H groups in total. The topological polar surface area (TPSA) is 9.72 Å². The van der Waals surface area contributed by atoms with Crippen molar-refractivity contribution < 1.29 is 0 Å². The Morgan fingerprint density at radius 1 is 0.619 bits per heavy atom. The van der Waals surface area contributed by atoms with Gasteiger partial charge in [-0.3, -0.25) is 9.80 Å². The first-order valence-electron chi connectivity index (χ1n) is 9.46. The number of hydrogen-bond acceptors (Lipinski definition) is 3. The molecule has 21 heavy (non-hydrogen) atoms. The van der Waals surface area contributed by atoms with E-state index in [1.165, 1.54) is 84.2 Å². The second kappa shape index (κ2) is 6.17. The maximum absolute atomic E-state index is 2.87. The third kappa shape index (κ3) is 3.02. The largest absolute Gasteiger partial charge is 0.305 e. The molecule has 3 saturated heterocycles. The summed E-state index contributed by atoms with van der Waals surface area (Å²) in [6, 6.07) is 1.76. The Hall–Kier alpha value is -0.120. The molecular weight excluding hydrogens is 258 g/mol. The van der Waals surface area contributed by atoms with E-state index in [0.29, 0.717) is 0 Å². The standard InChI is InChI=1S/C18H33N3/c1-19-9-3-6-18(14-19)20-10-7-17(8-11-20)21-12-15-4-2-5-16(15)13-21/h15-18H,2-14H2,1H3. The van der Waals surface area contributed by atoms with Gasteiger partial charge in [-0.2, -0.15) is 0 Å². The van der Waals surface area contributed by atoms with Crippen LogP contribution in [0.4, 0.5) is 0 Å². The molecule has 0 amide bonds. The summed E-state index contributed by atoms with van der Waals surface area (Å²) in [6.45, 7) is 8.19. The van der Waals surface area contributed by atoms with Crippen molar-refractivity contribution in [3.63, 3.8) is 0 Å². The van der Waals surface area contributed by atoms with Gasteiger partial charge < -0.3 is 4.90 Å². The summed E-state index contributed by atoms with van der Waals surface area (Å²) >= 11 is 0. The fourth-order valence-electron chi connectivity index (χ4n) is 5.62. The Morgan fingerprint density at radius 3 is 2.00 bits per heavy atom. The van der Waals surface area contributed by atoms with E-state index in [1.807, 2.05) is 0 Å². The SMILES string of the molecule is CN1CCCC(N2CCC(N3CC4CCCC4C3)CC2)C1. The molecular formula is C18H33N3. The number of nitrogens with zero attached hydrogens (tertiary/aromatic N) is 3. The summed E-state index contributed by atoms with van der Waals surface area (Å²) in [5, 5.41) is 0. The van der Waals surface area contributed by atoms with Gasteiger partial charge in [0.15, 0.2) is 0 Å². The van der Waals surface area contributed by atoms with Crippen LogP contribution in [0.3, 0.4) is 0 Å². The Kier molecular flexibility index (Phi) is 4.25. The lowest BCUT2D eigenvalue weighted by molar-refractivity contribution is 0.0595. The van der Waals surface area contributed by atoms with Gasteiger partial charge in [0.1, 0.15) is 0 Å². The Labute approximate surface area is 130 Å². The van der Waals surface area contributed by atoms with E-state index in [2.05, 4.69) is 21.7 Å². The first kappa shape index (κ1) is 14.5. The third-order valence-electron chi connectivity index (χ3n) is 6.89. The number of hydrogen-bond donors (Lipinski definition) is 0. The van der Waals surface area contributed by atoms with Crippen LogP contribution >= 0.6 is 0 Å². The van der Waals surface area contributed by atoms with Gasteiger partial charge in [0.25, 0.3) is 0 Å². The van der Waals surface area contributed by atoms with Crippen molar-refractivity contribution >= 4 is 0 Å². The van der Waals surface area contributed by atoms with Crippen molar-refractivity contribution in [1.82, 2.24) is 14.7 Å². The van der Waals surface area contributed by atoms with Crippen molar-refractivity contribution in [3.8, 4) is 0 Å². The summed E-state index contributed by atoms with van der Waals surface area (Å²) in [7, 11) is 2.29. The molecule has 0 aromatic carbocycles. The number of likely N-dealkylation sites (tertiary alicyclic amines) is 3. The van der Waals surface area contributed by atoms with Crippen molar-refractivity contribution in [2.24, 2.45) is 11.8 Å². The van der Waals surface area contributed by atoms with Crippen LogP contribution in [0.1, 0.15) is 44.9 Å². The Bertz CT molecular complexity index is 338. The molecule has 4 fully saturated rings. The van der Waals surface area contributed by atoms with Crippen LogP contribution < -0.4 is 0 Å². The third-order valence-corrected chi connectivity index (χ3v) is 6.89. The Morgan fingerprint density at radius 2 is 1.33 bits per heavy atom. The molecule has 1 saturated carbocycles. The maximum Gasteiger partial charge on any atom is 0.0223 e. The van der Waals surface area contributed by atoms with E-state index >= 15 is 0 Å². The molecule has 0 aromatic rings. The quantitative estimate of drug-likeness (QED) is 0.773. The van der Waals surface area contributed by atoms with E-state index < -0.39 is 0 Å². The van der Waals surface area contributed by atoms with Gasteiger partial charge in [0.2, 0.25) is 0 Å². The van der Waals surface area contributed by atoms with Gasteiger partial charge in [-0.25, -0.2) is 0 Å². The molecule has 3 nitrogen and oxygen atoms in total. The van der Waals surface area contributed by atoms with Crippen LogP contribution in [-0.2, 0) is 0 Å². The van der Waals surface area contributed by atoms with Gasteiger partial charge >= 0.3 is 0 Å². The molecule has 3 heteroatoms. The minimum atomic E-state index is 0.850. The molecule has 3 atom stereocenters. The summed E-state index contributed by atoms with van der Waals surface area (Å²) in [5.41, 5.74) is 0. The minimum Gasteiger partial charge on any atom is -0.305 e. The highest BCUT2D eigenvalue weighted by molar-refractivity contribution is 4.93. The Balaban J connectivity index is 1.27. The average molecular weight is 291 g/mol. The molecule has 0 bridgehead atoms. The lowest BCUT2D eigenvalue weighted by Gasteiger charge is -2.43. The molecule has 120 valence electrons. The van der Waals surface area contributed by atoms with Gasteiger partial charge in [0.05, 0.1) is 0 Å². The van der Waals surface area contributed by atoms with E-state index in [-0.39, 0.29) is 0 Å². The predicted molar refractivity (Wildman–Crippen MR) is 87.5 cm³/mol. The van der Waals surface area contributed by atoms with Crippen molar-refractivity contribution in [2.45, 2.75) is 57.0 Å². The maximum atomic E-state index is 2.87. The minimum absolute atomic E-state index is 0.850. The lowest BCUT2D eigenvalue weighted by atomic mass is 9.98. The zero-order chi connectivity index (χ0) is 14.2. The van der Waals surface area contributed by atoms with Crippen LogP contribution in [0.25, 0.3) is 0 Å². The van der Waals surface area contributed by atoms with Crippen LogP contribution in [0, 0.1) is 11.8 Å². The summed E-state index contributed by atoms with van der Waals surface area (Å²) < 4.78 is 0. The monoisotopic (exact) mass is 291 g/mol. The van der Waals surface area contributed by atoms with Gasteiger partial charge in [-0.1, -0.05) is 6.42 Å². The summed E-state index contributed by atoms with van der Waals surface area (Å²) in [4.78, 5) is 8.21. The molecule has 0 radical (unpaired) electrons. The van der Waals surface area contributed by atoms with Crippen molar-refractivity contribution in [2.75, 3.05) is 46.3 Å². The number of rotatable bonds is 2. The van der Waals surface area contributed by atoms with E-state index in [0.717, 1.165) is 23.9 Å². The normalized spacial score (nSPS) is 40.7. The number of likely N-dealkylation sites (N-methyl/N-ethyl adjacent to an activating group) is 1. The van der Waals surface area contributed by atoms with Gasteiger partial charge in [-0.05, 0) is 77.0 Å². The van der Waals surface area contributed by atoms with Crippen LogP contribution in [0.15, 0.2) is 0 Å². The van der Waals surface area contributed by atoms with Crippen molar-refractivity contribution in [3.05, 3.63) is 0 Å². The van der Waals surface area contributed by atoms with Crippen LogP contribution in [-0.4, -0.2) is 73.1 Å². The van der Waals surface area contributed by atoms with Gasteiger partial charge in [0, 0.05) is 31.7 Å². The molecule has 0 aromatic heterocycles. The highest BCUT2D eigenvalue weighted by atomic mass is 15.3. The van der Waals surface area contributed by atoms with E-state index in [1.54, 1.807) is 0 Å². The first-order chi connectivity index (χ1) is 10.3. The fourth-order valence-corrected chi connectivity index (χ4v) is 5.62. The zero-order valence-corrected chi connectivity index (χ0v) is 13.8. The number of fused-ring (bicyclic) bond motifs is 1. The highest BCUT2D eigenvalue weighted by Crippen LogP contribution is 2.39. The molecule has 3 aliphatic heterocycles. The molecule has 0 spiro atoms. The van der Waals surface area contributed by atoms with Crippen molar-refractivity contribution in [1.29, 1.82) is 0 Å². The summed E-state index contributed by atoms with van der Waals surface area (Å²) in [6.07, 6.45) is 10.2. The smallest absolute Gasteiger partial charge is 0.0223 e. The number of piperidine rings is 2. The second-order valence-electron chi connectivity index (χ2n) is 8.23. The van der Waals surface area contributed by atoms with E-state index in [4.69, 9.17) is 0 Å². The zero-order valence-electron chi connectivity index (χ0n) is 13.8. The molecule has 3 unspecified atom stereocenters. The molecule has 3 heterocycles. The second-order valence-corrected chi connectivity index (χ2v) is 8.23. The van der Waals surface area contributed by atoms with E-state index in [9.17, 15) is 0 Å². The molecule has 4 rings (SSSR count). The average Bonchev–Trinajstić information content (AvgIpc) is 3.09. The van der Waals surface area contributed by atoms with Gasteiger partial charge in [-0.15, -0.1) is 0 Å². The molecule has 4 aliphatic rings. The predicted octanol–water partition coefficient (Wildman–Crippen LogP) is 2.28. The van der Waals surface area contributed by atoms with Crippen LogP contribution in [0.5, 0.6) is 0 Å². The van der Waals surface area contributed by atoms with Crippen LogP contribution in [0.2, 0.25) is 0 Å². The fraction of sp³-hybridized carbons (Fsp3) is 1.00. The first-order valence-corrected chi connectivity index (χ1v) is 9.46.